The molecule has 0 saturated heterocycles. The first-order valence-electron chi connectivity index (χ1n) is 10.3. The Morgan fingerprint density at radius 1 is 0.879 bits per heavy atom. The number of ether oxygens (including phenoxy) is 2. The number of H-pyrrole nitrogens is 1. The van der Waals surface area contributed by atoms with Crippen molar-refractivity contribution in [3.05, 3.63) is 105 Å². The Labute approximate surface area is 196 Å². The van der Waals surface area contributed by atoms with Gasteiger partial charge >= 0.3 is 0 Å². The zero-order chi connectivity index (χ0) is 23.4. The molecule has 7 heteroatoms. The van der Waals surface area contributed by atoms with E-state index in [1.54, 1.807) is 49.5 Å². The van der Waals surface area contributed by atoms with Gasteiger partial charge in [-0.2, -0.15) is 0 Å². The predicted molar refractivity (Wildman–Crippen MR) is 129 cm³/mol. The molecule has 1 N–H and O–H groups in total. The third-order valence-corrected chi connectivity index (χ3v) is 5.65. The summed E-state index contributed by atoms with van der Waals surface area (Å²) in [6.07, 6.45) is 0. The molecule has 0 fully saturated rings. The molecule has 0 radical (unpaired) electrons. The molecule has 0 aliphatic carbocycles. The number of nitrogens with one attached hydrogen (secondary N) is 1. The van der Waals surface area contributed by atoms with Crippen molar-refractivity contribution >= 4 is 28.4 Å². The Hall–Kier alpha value is -3.77. The number of benzene rings is 3. The lowest BCUT2D eigenvalue weighted by atomic mass is 10.1. The Morgan fingerprint density at radius 2 is 1.55 bits per heavy atom. The van der Waals surface area contributed by atoms with Gasteiger partial charge in [0.15, 0.2) is 0 Å². The summed E-state index contributed by atoms with van der Waals surface area (Å²) in [5.74, 6) is 1.19. The van der Waals surface area contributed by atoms with Gasteiger partial charge in [-0.05, 0) is 65.5 Å². The smallest absolute Gasteiger partial charge is 0.254 e. The number of halogens is 1. The minimum Gasteiger partial charge on any atom is -0.497 e. The fraction of sp³-hybridized carbons (Fsp3) is 0.154. The van der Waals surface area contributed by atoms with Crippen LogP contribution in [0.25, 0.3) is 10.9 Å². The molecule has 4 aromatic rings. The number of methoxy groups -OCH3 is 2. The summed E-state index contributed by atoms with van der Waals surface area (Å²) in [5.41, 5.74) is 2.33. The van der Waals surface area contributed by atoms with E-state index >= 15 is 0 Å². The average molecular weight is 463 g/mol. The number of carbonyl (C=O) groups is 1. The van der Waals surface area contributed by atoms with Crippen LogP contribution in [0.1, 0.15) is 21.5 Å². The number of amides is 1. The Balaban J connectivity index is 1.68. The van der Waals surface area contributed by atoms with Crippen molar-refractivity contribution < 1.29 is 14.3 Å². The van der Waals surface area contributed by atoms with E-state index in [4.69, 9.17) is 21.1 Å². The number of aromatic nitrogens is 1. The van der Waals surface area contributed by atoms with Gasteiger partial charge in [0.2, 0.25) is 0 Å². The maximum Gasteiger partial charge on any atom is 0.254 e. The standard InChI is InChI=1S/C26H23ClN2O4/c1-32-22-10-3-17(4-11-22)15-29(26(31)18-5-8-21(27)9-6-18)16-20-13-19-7-12-23(33-2)14-24(19)28-25(20)30/h3-14H,15-16H2,1-2H3,(H,28,30). The van der Waals surface area contributed by atoms with Crippen molar-refractivity contribution in [2.24, 2.45) is 0 Å². The fourth-order valence-electron chi connectivity index (χ4n) is 3.60. The number of hydrogen-bond acceptors (Lipinski definition) is 4. The third-order valence-electron chi connectivity index (χ3n) is 5.40. The highest BCUT2D eigenvalue weighted by Gasteiger charge is 2.19. The lowest BCUT2D eigenvalue weighted by molar-refractivity contribution is 0.0729. The summed E-state index contributed by atoms with van der Waals surface area (Å²) in [6.45, 7) is 0.469. The van der Waals surface area contributed by atoms with Gasteiger partial charge in [-0.1, -0.05) is 23.7 Å². The summed E-state index contributed by atoms with van der Waals surface area (Å²) in [7, 11) is 3.18. The zero-order valence-electron chi connectivity index (χ0n) is 18.3. The van der Waals surface area contributed by atoms with Crippen LogP contribution >= 0.6 is 11.6 Å². The fourth-order valence-corrected chi connectivity index (χ4v) is 3.73. The van der Waals surface area contributed by atoms with Gasteiger partial charge in [0.1, 0.15) is 11.5 Å². The van der Waals surface area contributed by atoms with Crippen molar-refractivity contribution in [3.8, 4) is 11.5 Å². The van der Waals surface area contributed by atoms with Crippen LogP contribution in [0.15, 0.2) is 77.6 Å². The first kappa shape index (κ1) is 22.4. The molecule has 0 bridgehead atoms. The molecule has 168 valence electrons. The summed E-state index contributed by atoms with van der Waals surface area (Å²) >= 11 is 5.99. The van der Waals surface area contributed by atoms with Gasteiger partial charge in [0.05, 0.1) is 26.3 Å². The Bertz CT molecular complexity index is 1330. The number of rotatable bonds is 7. The molecule has 0 atom stereocenters. The van der Waals surface area contributed by atoms with E-state index in [0.717, 1.165) is 16.7 Å². The topological polar surface area (TPSA) is 71.6 Å². The summed E-state index contributed by atoms with van der Waals surface area (Å²) in [4.78, 5) is 30.8. The minimum absolute atomic E-state index is 0.144. The van der Waals surface area contributed by atoms with Gasteiger partial charge in [0.25, 0.3) is 11.5 Å². The van der Waals surface area contributed by atoms with Crippen LogP contribution in [-0.4, -0.2) is 30.0 Å². The zero-order valence-corrected chi connectivity index (χ0v) is 19.1. The molecular weight excluding hydrogens is 440 g/mol. The van der Waals surface area contributed by atoms with E-state index < -0.39 is 0 Å². The number of hydrogen-bond donors (Lipinski definition) is 1. The first-order valence-corrected chi connectivity index (χ1v) is 10.7. The number of fused-ring (bicyclic) bond motifs is 1. The van der Waals surface area contributed by atoms with E-state index in [2.05, 4.69) is 4.98 Å². The molecule has 3 aromatic carbocycles. The van der Waals surface area contributed by atoms with E-state index in [0.29, 0.717) is 34.0 Å². The maximum absolute atomic E-state index is 13.4. The molecule has 0 aliphatic heterocycles. The first-order chi connectivity index (χ1) is 16.0. The maximum atomic E-state index is 13.4. The van der Waals surface area contributed by atoms with E-state index in [9.17, 15) is 9.59 Å². The monoisotopic (exact) mass is 462 g/mol. The van der Waals surface area contributed by atoms with E-state index in [1.807, 2.05) is 42.5 Å². The van der Waals surface area contributed by atoms with Crippen molar-refractivity contribution in [1.29, 1.82) is 0 Å². The van der Waals surface area contributed by atoms with Crippen LogP contribution in [0.4, 0.5) is 0 Å². The van der Waals surface area contributed by atoms with Gasteiger partial charge < -0.3 is 19.4 Å². The van der Waals surface area contributed by atoms with Crippen LogP contribution in [-0.2, 0) is 13.1 Å². The van der Waals surface area contributed by atoms with Gasteiger partial charge in [-0.15, -0.1) is 0 Å². The highest BCUT2D eigenvalue weighted by atomic mass is 35.5. The SMILES string of the molecule is COc1ccc(CN(Cc2cc3ccc(OC)cc3[nH]c2=O)C(=O)c2ccc(Cl)cc2)cc1. The lowest BCUT2D eigenvalue weighted by Gasteiger charge is -2.23. The largest absolute Gasteiger partial charge is 0.497 e. The second kappa shape index (κ2) is 9.79. The molecule has 6 nitrogen and oxygen atoms in total. The quantitative estimate of drug-likeness (QED) is 0.417. The molecule has 1 amide bonds. The van der Waals surface area contributed by atoms with E-state index in [-0.39, 0.29) is 18.0 Å². The Kier molecular flexibility index (Phi) is 6.66. The number of carbonyl (C=O) groups excluding carboxylic acids is 1. The van der Waals surface area contributed by atoms with Crippen molar-refractivity contribution in [2.45, 2.75) is 13.1 Å². The second-order valence-corrected chi connectivity index (χ2v) is 8.03. The molecule has 0 unspecified atom stereocenters. The second-order valence-electron chi connectivity index (χ2n) is 7.59. The molecular formula is C26H23ClN2O4. The van der Waals surface area contributed by atoms with Crippen molar-refractivity contribution in [1.82, 2.24) is 9.88 Å². The molecule has 0 saturated carbocycles. The number of pyridine rings is 1. The Morgan fingerprint density at radius 3 is 2.21 bits per heavy atom. The molecule has 1 heterocycles. The summed E-state index contributed by atoms with van der Waals surface area (Å²) < 4.78 is 10.5. The van der Waals surface area contributed by atoms with Crippen LogP contribution < -0.4 is 15.0 Å². The number of nitrogens with zero attached hydrogens (tertiary/aromatic N) is 1. The van der Waals surface area contributed by atoms with Crippen LogP contribution in [0.5, 0.6) is 11.5 Å². The molecule has 0 aliphatic rings. The highest BCUT2D eigenvalue weighted by Crippen LogP contribution is 2.21. The van der Waals surface area contributed by atoms with E-state index in [1.165, 1.54) is 0 Å². The van der Waals surface area contributed by atoms with Crippen molar-refractivity contribution in [3.63, 3.8) is 0 Å². The van der Waals surface area contributed by atoms with Gasteiger partial charge in [0, 0.05) is 28.8 Å². The minimum atomic E-state index is -0.251. The van der Waals surface area contributed by atoms with Gasteiger partial charge in [-0.3, -0.25) is 9.59 Å². The molecule has 1 aromatic heterocycles. The molecule has 4 rings (SSSR count). The normalized spacial score (nSPS) is 10.8. The molecule has 0 spiro atoms. The number of aromatic amines is 1. The predicted octanol–water partition coefficient (Wildman–Crippen LogP) is 5.04. The average Bonchev–Trinajstić information content (AvgIpc) is 2.84. The lowest BCUT2D eigenvalue weighted by Crippen LogP contribution is -2.32. The van der Waals surface area contributed by atoms with Crippen LogP contribution in [0.3, 0.4) is 0 Å². The molecule has 33 heavy (non-hydrogen) atoms. The third kappa shape index (κ3) is 5.18. The van der Waals surface area contributed by atoms with Crippen molar-refractivity contribution in [2.75, 3.05) is 14.2 Å². The van der Waals surface area contributed by atoms with Crippen LogP contribution in [0, 0.1) is 0 Å². The van der Waals surface area contributed by atoms with Gasteiger partial charge in [-0.25, -0.2) is 0 Å². The van der Waals surface area contributed by atoms with Crippen LogP contribution in [0.2, 0.25) is 5.02 Å². The summed E-state index contributed by atoms with van der Waals surface area (Å²) in [5, 5.41) is 1.41. The summed E-state index contributed by atoms with van der Waals surface area (Å²) in [6, 6.07) is 21.5. The highest BCUT2D eigenvalue weighted by molar-refractivity contribution is 6.30.